The fourth-order valence-electron chi connectivity index (χ4n) is 2.36. The van der Waals surface area contributed by atoms with Crippen LogP contribution in [0.15, 0.2) is 42.5 Å². The minimum atomic E-state index is -4.71. The monoisotopic (exact) mass is 320 g/mol. The van der Waals surface area contributed by atoms with Crippen LogP contribution in [0.5, 0.6) is 5.75 Å². The SMILES string of the molecule is OB1OCc2cc(/C=C/c3cccc(OC(F)(F)F)c3)ccc21. The highest BCUT2D eigenvalue weighted by Crippen LogP contribution is 2.24. The van der Waals surface area contributed by atoms with Crippen molar-refractivity contribution in [2.45, 2.75) is 13.0 Å². The molecule has 0 bridgehead atoms. The molecule has 0 radical (unpaired) electrons. The lowest BCUT2D eigenvalue weighted by atomic mass is 9.79. The Kier molecular flexibility index (Phi) is 4.15. The molecule has 1 N–H and O–H groups in total. The van der Waals surface area contributed by atoms with Gasteiger partial charge >= 0.3 is 13.5 Å². The third kappa shape index (κ3) is 3.94. The van der Waals surface area contributed by atoms with Gasteiger partial charge in [-0.15, -0.1) is 13.2 Å². The topological polar surface area (TPSA) is 38.7 Å². The fraction of sp³-hybridized carbons (Fsp3) is 0.125. The van der Waals surface area contributed by atoms with Crippen LogP contribution < -0.4 is 10.2 Å². The molecule has 3 nitrogen and oxygen atoms in total. The summed E-state index contributed by atoms with van der Waals surface area (Å²) >= 11 is 0. The Labute approximate surface area is 131 Å². The minimum Gasteiger partial charge on any atom is -0.423 e. The fourth-order valence-corrected chi connectivity index (χ4v) is 2.36. The smallest absolute Gasteiger partial charge is 0.423 e. The van der Waals surface area contributed by atoms with Crippen molar-refractivity contribution in [3.63, 3.8) is 0 Å². The van der Waals surface area contributed by atoms with Gasteiger partial charge in [-0.2, -0.15) is 0 Å². The highest BCUT2D eigenvalue weighted by atomic mass is 19.4. The lowest BCUT2D eigenvalue weighted by Crippen LogP contribution is -2.27. The summed E-state index contributed by atoms with van der Waals surface area (Å²) in [5.41, 5.74) is 3.09. The van der Waals surface area contributed by atoms with E-state index in [0.717, 1.165) is 16.6 Å². The van der Waals surface area contributed by atoms with Crippen LogP contribution in [0.2, 0.25) is 0 Å². The number of benzene rings is 2. The molecule has 0 saturated carbocycles. The number of alkyl halides is 3. The largest absolute Gasteiger partial charge is 0.573 e. The summed E-state index contributed by atoms with van der Waals surface area (Å²) in [7, 11) is -0.890. The van der Waals surface area contributed by atoms with Crippen molar-refractivity contribution in [2.75, 3.05) is 0 Å². The van der Waals surface area contributed by atoms with E-state index >= 15 is 0 Å². The second kappa shape index (κ2) is 6.10. The van der Waals surface area contributed by atoms with E-state index in [4.69, 9.17) is 4.65 Å². The maximum Gasteiger partial charge on any atom is 0.573 e. The minimum absolute atomic E-state index is 0.259. The quantitative estimate of drug-likeness (QED) is 0.698. The van der Waals surface area contributed by atoms with E-state index in [1.54, 1.807) is 24.3 Å². The van der Waals surface area contributed by atoms with Gasteiger partial charge in [-0.1, -0.05) is 36.4 Å². The molecule has 0 fully saturated rings. The van der Waals surface area contributed by atoms with Crippen molar-refractivity contribution < 1.29 is 27.6 Å². The van der Waals surface area contributed by atoms with Crippen LogP contribution in [0.1, 0.15) is 16.7 Å². The van der Waals surface area contributed by atoms with Crippen LogP contribution in [-0.2, 0) is 11.3 Å². The molecule has 23 heavy (non-hydrogen) atoms. The van der Waals surface area contributed by atoms with E-state index in [-0.39, 0.29) is 5.75 Å². The van der Waals surface area contributed by atoms with Gasteiger partial charge in [-0.05, 0) is 40.4 Å². The maximum atomic E-state index is 12.2. The van der Waals surface area contributed by atoms with Gasteiger partial charge in [0.1, 0.15) is 5.75 Å². The Morgan fingerprint density at radius 1 is 1.09 bits per heavy atom. The van der Waals surface area contributed by atoms with E-state index in [1.807, 2.05) is 12.1 Å². The highest BCUT2D eigenvalue weighted by Gasteiger charge is 2.31. The first-order valence-corrected chi connectivity index (χ1v) is 6.87. The molecule has 7 heteroatoms. The molecule has 118 valence electrons. The zero-order valence-corrected chi connectivity index (χ0v) is 11.9. The highest BCUT2D eigenvalue weighted by molar-refractivity contribution is 6.61. The Morgan fingerprint density at radius 2 is 1.83 bits per heavy atom. The first-order valence-electron chi connectivity index (χ1n) is 6.87. The molecule has 0 aromatic heterocycles. The van der Waals surface area contributed by atoms with E-state index < -0.39 is 13.5 Å². The number of ether oxygens (including phenoxy) is 1. The van der Waals surface area contributed by atoms with Gasteiger partial charge in [0.05, 0.1) is 6.61 Å². The molecule has 1 heterocycles. The summed E-state index contributed by atoms with van der Waals surface area (Å²) in [6.07, 6.45) is -1.24. The molecular weight excluding hydrogens is 308 g/mol. The third-order valence-corrected chi connectivity index (χ3v) is 3.39. The summed E-state index contributed by atoms with van der Waals surface area (Å²) in [4.78, 5) is 0. The summed E-state index contributed by atoms with van der Waals surface area (Å²) < 4.78 is 45.6. The number of hydrogen-bond donors (Lipinski definition) is 1. The van der Waals surface area contributed by atoms with Gasteiger partial charge in [0.15, 0.2) is 0 Å². The Bertz CT molecular complexity index is 744. The van der Waals surface area contributed by atoms with Crippen molar-refractivity contribution in [3.8, 4) is 5.75 Å². The van der Waals surface area contributed by atoms with Gasteiger partial charge in [-0.25, -0.2) is 0 Å². The van der Waals surface area contributed by atoms with Crippen LogP contribution in [-0.4, -0.2) is 18.5 Å². The second-order valence-electron chi connectivity index (χ2n) is 5.08. The standard InChI is InChI=1S/C16H12BF3O3/c18-16(19,20)23-14-3-1-2-11(9-14)4-5-12-6-7-15-13(8-12)10-22-17(15)21/h1-9,21H,10H2/b5-4+. The Balaban J connectivity index is 1.77. The zero-order chi connectivity index (χ0) is 16.4. The molecule has 0 spiro atoms. The normalized spacial score (nSPS) is 14.3. The predicted octanol–water partition coefficient (Wildman–Crippen LogP) is 2.97. The van der Waals surface area contributed by atoms with Crippen molar-refractivity contribution in [1.82, 2.24) is 0 Å². The maximum absolute atomic E-state index is 12.2. The van der Waals surface area contributed by atoms with Crippen LogP contribution in [0.3, 0.4) is 0 Å². The molecule has 0 atom stereocenters. The van der Waals surface area contributed by atoms with E-state index in [0.29, 0.717) is 12.2 Å². The van der Waals surface area contributed by atoms with E-state index in [9.17, 15) is 18.2 Å². The molecule has 2 aromatic rings. The van der Waals surface area contributed by atoms with E-state index in [2.05, 4.69) is 4.74 Å². The Hall–Kier alpha value is -2.25. The first kappa shape index (κ1) is 15.6. The Morgan fingerprint density at radius 3 is 2.57 bits per heavy atom. The molecule has 1 aliphatic heterocycles. The van der Waals surface area contributed by atoms with Crippen molar-refractivity contribution >= 4 is 24.7 Å². The molecule has 0 amide bonds. The molecular formula is C16H12BF3O3. The van der Waals surface area contributed by atoms with Gasteiger partial charge in [-0.3, -0.25) is 0 Å². The summed E-state index contributed by atoms with van der Waals surface area (Å²) in [6.45, 7) is 0.340. The van der Waals surface area contributed by atoms with Gasteiger partial charge in [0, 0.05) is 0 Å². The van der Waals surface area contributed by atoms with Crippen molar-refractivity contribution in [1.29, 1.82) is 0 Å². The summed E-state index contributed by atoms with van der Waals surface area (Å²) in [5, 5.41) is 9.56. The number of rotatable bonds is 3. The van der Waals surface area contributed by atoms with E-state index in [1.165, 1.54) is 18.2 Å². The summed E-state index contributed by atoms with van der Waals surface area (Å²) in [5.74, 6) is -0.259. The van der Waals surface area contributed by atoms with Crippen LogP contribution in [0.25, 0.3) is 12.2 Å². The van der Waals surface area contributed by atoms with Gasteiger partial charge in [0.25, 0.3) is 0 Å². The van der Waals surface area contributed by atoms with Crippen LogP contribution in [0.4, 0.5) is 13.2 Å². The van der Waals surface area contributed by atoms with Crippen molar-refractivity contribution in [2.24, 2.45) is 0 Å². The second-order valence-corrected chi connectivity index (χ2v) is 5.08. The molecule has 0 saturated heterocycles. The molecule has 2 aromatic carbocycles. The number of hydrogen-bond acceptors (Lipinski definition) is 3. The number of fused-ring (bicyclic) bond motifs is 1. The third-order valence-electron chi connectivity index (χ3n) is 3.39. The average Bonchev–Trinajstić information content (AvgIpc) is 2.85. The predicted molar refractivity (Wildman–Crippen MR) is 80.9 cm³/mol. The van der Waals surface area contributed by atoms with Crippen LogP contribution in [0, 0.1) is 0 Å². The summed E-state index contributed by atoms with van der Waals surface area (Å²) in [6, 6.07) is 11.2. The number of halogens is 3. The molecule has 1 aliphatic rings. The zero-order valence-electron chi connectivity index (χ0n) is 11.9. The molecule has 3 rings (SSSR count). The van der Waals surface area contributed by atoms with Gasteiger partial charge in [0.2, 0.25) is 0 Å². The van der Waals surface area contributed by atoms with Gasteiger partial charge < -0.3 is 14.4 Å². The average molecular weight is 320 g/mol. The lowest BCUT2D eigenvalue weighted by molar-refractivity contribution is -0.274. The molecule has 0 unspecified atom stereocenters. The van der Waals surface area contributed by atoms with Crippen LogP contribution >= 0.6 is 0 Å². The first-order chi connectivity index (χ1) is 10.9. The lowest BCUT2D eigenvalue weighted by Gasteiger charge is -2.08. The molecule has 0 aliphatic carbocycles. The van der Waals surface area contributed by atoms with Crippen molar-refractivity contribution in [3.05, 3.63) is 59.2 Å².